The average Bonchev–Trinajstić information content (AvgIpc) is 3.29. The lowest BCUT2D eigenvalue weighted by molar-refractivity contribution is -0.147. The molecule has 1 N–H and O–H groups in total. The van der Waals surface area contributed by atoms with E-state index in [0.29, 0.717) is 11.1 Å². The number of nitrogens with one attached hydrogen (secondary N) is 1. The fourth-order valence-corrected chi connectivity index (χ4v) is 4.09. The molecule has 1 aromatic heterocycles. The summed E-state index contributed by atoms with van der Waals surface area (Å²) >= 11 is 0. The summed E-state index contributed by atoms with van der Waals surface area (Å²) in [7, 11) is 1.25. The summed E-state index contributed by atoms with van der Waals surface area (Å²) in [5.74, 6) is -0.646. The number of ether oxygens (including phenoxy) is 3. The van der Waals surface area contributed by atoms with Gasteiger partial charge in [0, 0.05) is 18.0 Å². The fourth-order valence-electron chi connectivity index (χ4n) is 4.09. The van der Waals surface area contributed by atoms with Crippen LogP contribution in [0.1, 0.15) is 23.6 Å². The van der Waals surface area contributed by atoms with E-state index in [1.807, 2.05) is 78.9 Å². The fraction of sp³-hybridized carbons (Fsp3) is 0.207. The van der Waals surface area contributed by atoms with Crippen molar-refractivity contribution in [3.05, 3.63) is 108 Å². The van der Waals surface area contributed by atoms with Crippen molar-refractivity contribution in [2.75, 3.05) is 7.11 Å². The number of methoxy groups -OCH3 is 1. The van der Waals surface area contributed by atoms with Crippen LogP contribution in [0.25, 0.3) is 10.9 Å². The van der Waals surface area contributed by atoms with Crippen molar-refractivity contribution in [2.45, 2.75) is 32.1 Å². The zero-order valence-corrected chi connectivity index (χ0v) is 20.7. The number of hydrogen-bond donors (Lipinski definition) is 1. The number of para-hydroxylation sites is 1. The van der Waals surface area contributed by atoms with Gasteiger partial charge in [-0.15, -0.1) is 0 Å². The highest BCUT2D eigenvalue weighted by molar-refractivity contribution is 5.93. The lowest BCUT2D eigenvalue weighted by atomic mass is 10.00. The van der Waals surface area contributed by atoms with Gasteiger partial charge >= 0.3 is 18.2 Å². The van der Waals surface area contributed by atoms with Gasteiger partial charge in [-0.3, -0.25) is 4.57 Å². The lowest BCUT2D eigenvalue weighted by Crippen LogP contribution is -2.54. The number of esters is 1. The number of carbonyl (C=O) groups is 3. The zero-order chi connectivity index (χ0) is 26.3. The van der Waals surface area contributed by atoms with Crippen molar-refractivity contribution < 1.29 is 28.6 Å². The van der Waals surface area contributed by atoms with Crippen molar-refractivity contribution in [1.29, 1.82) is 0 Å². The molecule has 1 heterocycles. The van der Waals surface area contributed by atoms with E-state index in [9.17, 15) is 14.4 Å². The minimum Gasteiger partial charge on any atom is -0.467 e. The van der Waals surface area contributed by atoms with Crippen LogP contribution in [0, 0.1) is 0 Å². The van der Waals surface area contributed by atoms with Crippen LogP contribution in [-0.2, 0) is 38.6 Å². The van der Waals surface area contributed by atoms with E-state index in [-0.39, 0.29) is 19.6 Å². The van der Waals surface area contributed by atoms with E-state index in [0.717, 1.165) is 16.5 Å². The molecule has 4 rings (SSSR count). The first-order chi connectivity index (χ1) is 17.9. The van der Waals surface area contributed by atoms with Gasteiger partial charge in [0.05, 0.1) is 12.6 Å². The molecule has 3 aromatic carbocycles. The zero-order valence-electron chi connectivity index (χ0n) is 20.7. The van der Waals surface area contributed by atoms with Crippen molar-refractivity contribution >= 4 is 29.1 Å². The molecule has 37 heavy (non-hydrogen) atoms. The highest BCUT2D eigenvalue weighted by atomic mass is 16.6. The Kier molecular flexibility index (Phi) is 7.88. The number of amides is 1. The van der Waals surface area contributed by atoms with E-state index in [2.05, 4.69) is 5.32 Å². The van der Waals surface area contributed by atoms with Gasteiger partial charge in [-0.1, -0.05) is 78.9 Å². The van der Waals surface area contributed by atoms with Crippen molar-refractivity contribution in [2.24, 2.45) is 0 Å². The van der Waals surface area contributed by atoms with E-state index < -0.39 is 23.7 Å². The van der Waals surface area contributed by atoms with Crippen molar-refractivity contribution in [1.82, 2.24) is 9.88 Å². The topological polar surface area (TPSA) is 95.9 Å². The first-order valence-corrected chi connectivity index (χ1v) is 11.8. The summed E-state index contributed by atoms with van der Waals surface area (Å²) in [5.41, 5.74) is 1.50. The Hall–Kier alpha value is -4.59. The van der Waals surface area contributed by atoms with Crippen LogP contribution in [0.5, 0.6) is 0 Å². The SMILES string of the molecule is COC(=O)[C@@]([14CH3])(Cc1cn(C(=O)OCc2ccccc2)c2ccccc12)NC(=O)OCc1ccccc1. The number of aromatic nitrogens is 1. The van der Waals surface area contributed by atoms with E-state index in [1.54, 1.807) is 19.2 Å². The van der Waals surface area contributed by atoms with Gasteiger partial charge in [0.25, 0.3) is 0 Å². The molecule has 1 amide bonds. The number of rotatable bonds is 8. The highest BCUT2D eigenvalue weighted by Crippen LogP contribution is 2.26. The molecular weight excluding hydrogens is 474 g/mol. The lowest BCUT2D eigenvalue weighted by Gasteiger charge is -2.27. The van der Waals surface area contributed by atoms with Gasteiger partial charge in [0.15, 0.2) is 0 Å². The van der Waals surface area contributed by atoms with Crippen LogP contribution in [0.15, 0.2) is 91.1 Å². The second kappa shape index (κ2) is 11.4. The Morgan fingerprint density at radius 3 is 2.03 bits per heavy atom. The van der Waals surface area contributed by atoms with Gasteiger partial charge in [-0.25, -0.2) is 14.4 Å². The molecule has 0 aliphatic rings. The molecule has 4 aromatic rings. The maximum Gasteiger partial charge on any atom is 0.418 e. The highest BCUT2D eigenvalue weighted by Gasteiger charge is 2.38. The van der Waals surface area contributed by atoms with Crippen LogP contribution in [0.3, 0.4) is 0 Å². The summed E-state index contributed by atoms with van der Waals surface area (Å²) < 4.78 is 17.2. The second-order valence-electron chi connectivity index (χ2n) is 8.77. The van der Waals surface area contributed by atoms with Crippen LogP contribution in [0.2, 0.25) is 0 Å². The van der Waals surface area contributed by atoms with E-state index in [1.165, 1.54) is 11.7 Å². The van der Waals surface area contributed by atoms with Gasteiger partial charge < -0.3 is 19.5 Å². The molecular formula is C29H28N2O6. The molecule has 0 fully saturated rings. The van der Waals surface area contributed by atoms with Gasteiger partial charge in [-0.05, 0) is 29.7 Å². The van der Waals surface area contributed by atoms with Crippen LogP contribution in [0.4, 0.5) is 9.59 Å². The Morgan fingerprint density at radius 1 is 0.838 bits per heavy atom. The predicted molar refractivity (Wildman–Crippen MR) is 138 cm³/mol. The number of carbonyl (C=O) groups excluding carboxylic acids is 3. The predicted octanol–water partition coefficient (Wildman–Crippen LogP) is 5.23. The van der Waals surface area contributed by atoms with Crippen molar-refractivity contribution in [3.63, 3.8) is 0 Å². The summed E-state index contributed by atoms with van der Waals surface area (Å²) in [6, 6.07) is 25.9. The molecule has 190 valence electrons. The third kappa shape index (κ3) is 6.16. The number of hydrogen-bond acceptors (Lipinski definition) is 6. The molecule has 0 saturated carbocycles. The summed E-state index contributed by atoms with van der Waals surface area (Å²) in [4.78, 5) is 38.4. The largest absolute Gasteiger partial charge is 0.467 e. The average molecular weight is 503 g/mol. The number of nitrogens with zero attached hydrogens (tertiary/aromatic N) is 1. The molecule has 0 unspecified atom stereocenters. The molecule has 0 saturated heterocycles. The van der Waals surface area contributed by atoms with Crippen molar-refractivity contribution in [3.8, 4) is 0 Å². The summed E-state index contributed by atoms with van der Waals surface area (Å²) in [6.07, 6.45) is 0.361. The van der Waals surface area contributed by atoms with Crippen LogP contribution >= 0.6 is 0 Å². The number of benzene rings is 3. The van der Waals surface area contributed by atoms with Gasteiger partial charge in [-0.2, -0.15) is 0 Å². The maximum absolute atomic E-state index is 13.0. The van der Waals surface area contributed by atoms with Gasteiger partial charge in [0.1, 0.15) is 18.8 Å². The van der Waals surface area contributed by atoms with E-state index >= 15 is 0 Å². The van der Waals surface area contributed by atoms with Crippen LogP contribution in [-0.4, -0.2) is 35.4 Å². The molecule has 8 nitrogen and oxygen atoms in total. The standard InChI is InChI=1S/C29H28N2O6/c1-29(26(32)35-2,30-27(33)36-19-21-11-5-3-6-12-21)17-23-18-31(25-16-10-9-15-24(23)25)28(34)37-20-22-13-7-4-8-14-22/h3-16,18H,17,19-20H2,1-2H3,(H,30,33)/t29-/m1/s1/i1+2. The molecule has 0 aliphatic heterocycles. The third-order valence-electron chi connectivity index (χ3n) is 5.97. The first-order valence-electron chi connectivity index (χ1n) is 11.8. The maximum atomic E-state index is 13.0. The normalized spacial score (nSPS) is 12.4. The summed E-state index contributed by atoms with van der Waals surface area (Å²) in [5, 5.41) is 3.40. The number of fused-ring (bicyclic) bond motifs is 1. The second-order valence-corrected chi connectivity index (χ2v) is 8.77. The Bertz CT molecular complexity index is 1380. The molecule has 0 bridgehead atoms. The minimum absolute atomic E-state index is 0.0521. The van der Waals surface area contributed by atoms with Gasteiger partial charge in [0.2, 0.25) is 0 Å². The molecule has 0 spiro atoms. The quantitative estimate of drug-likeness (QED) is 0.262. The third-order valence-corrected chi connectivity index (χ3v) is 5.97. The smallest absolute Gasteiger partial charge is 0.418 e. The molecule has 0 radical (unpaired) electrons. The number of alkyl carbamates (subject to hydrolysis) is 1. The molecule has 0 aliphatic carbocycles. The van der Waals surface area contributed by atoms with E-state index in [4.69, 9.17) is 14.2 Å². The monoisotopic (exact) mass is 502 g/mol. The Morgan fingerprint density at radius 2 is 1.41 bits per heavy atom. The first kappa shape index (κ1) is 25.5. The molecule has 1 atom stereocenters. The Labute approximate surface area is 214 Å². The summed E-state index contributed by atoms with van der Waals surface area (Å²) in [6.45, 7) is 1.73. The Balaban J connectivity index is 1.54. The van der Waals surface area contributed by atoms with Crippen LogP contribution < -0.4 is 5.32 Å². The molecule has 8 heteroatoms. The minimum atomic E-state index is -1.45.